The normalized spacial score (nSPS) is 11.2. The summed E-state index contributed by atoms with van der Waals surface area (Å²) in [5, 5.41) is 0. The van der Waals surface area contributed by atoms with Crippen molar-refractivity contribution in [1.82, 2.24) is 0 Å². The van der Waals surface area contributed by atoms with Gasteiger partial charge in [0.05, 0.1) is 0 Å². The Labute approximate surface area is 123 Å². The van der Waals surface area contributed by atoms with Crippen molar-refractivity contribution in [3.05, 3.63) is 59.7 Å². The number of rotatable bonds is 4. The molecular formula is C14H14Cl2O2Si. The summed E-state index contributed by atoms with van der Waals surface area (Å²) in [5.41, 5.74) is 2.15. The van der Waals surface area contributed by atoms with Crippen LogP contribution in [0.3, 0.4) is 0 Å². The maximum Gasteiger partial charge on any atom is 0.681 e. The monoisotopic (exact) mass is 312 g/mol. The van der Waals surface area contributed by atoms with E-state index < -0.39 is 7.18 Å². The first-order chi connectivity index (χ1) is 8.94. The molecule has 0 aliphatic carbocycles. The molecule has 0 N–H and O–H groups in total. The summed E-state index contributed by atoms with van der Waals surface area (Å²) in [6.07, 6.45) is 0. The minimum Gasteiger partial charge on any atom is -0.490 e. The maximum absolute atomic E-state index is 6.17. The van der Waals surface area contributed by atoms with E-state index in [1.165, 1.54) is 0 Å². The highest BCUT2D eigenvalue weighted by molar-refractivity contribution is 7.39. The fraction of sp³-hybridized carbons (Fsp3) is 0.143. The molecule has 2 rings (SSSR count). The van der Waals surface area contributed by atoms with E-state index in [9.17, 15) is 0 Å². The maximum atomic E-state index is 6.17. The molecule has 0 aliphatic heterocycles. The highest BCUT2D eigenvalue weighted by atomic mass is 35.7. The van der Waals surface area contributed by atoms with Gasteiger partial charge in [-0.2, -0.15) is 0 Å². The molecule has 2 nitrogen and oxygen atoms in total. The molecule has 0 aromatic heterocycles. The van der Waals surface area contributed by atoms with Crippen LogP contribution in [0.5, 0.6) is 11.5 Å². The average Bonchev–Trinajstić information content (AvgIpc) is 2.27. The predicted molar refractivity (Wildman–Crippen MR) is 81.1 cm³/mol. The molecule has 0 spiro atoms. The minimum atomic E-state index is -3.29. The Morgan fingerprint density at radius 2 is 1.21 bits per heavy atom. The quantitative estimate of drug-likeness (QED) is 0.603. The van der Waals surface area contributed by atoms with Crippen LogP contribution in [0.2, 0.25) is 0 Å². The molecule has 0 atom stereocenters. The van der Waals surface area contributed by atoms with Crippen LogP contribution >= 0.6 is 22.2 Å². The third-order valence-electron chi connectivity index (χ3n) is 2.45. The van der Waals surface area contributed by atoms with Crippen LogP contribution in [-0.4, -0.2) is 7.18 Å². The van der Waals surface area contributed by atoms with Crippen molar-refractivity contribution in [2.75, 3.05) is 0 Å². The van der Waals surface area contributed by atoms with Gasteiger partial charge in [0.1, 0.15) is 11.5 Å². The standard InChI is InChI=1S/C14H14Cl2O2Si/c1-11-5-3-7-13(9-11)17-19(15,16)18-14-8-4-6-12(2)10-14/h3-10H,1-2H3. The summed E-state index contributed by atoms with van der Waals surface area (Å²) in [5.74, 6) is 1.23. The van der Waals surface area contributed by atoms with E-state index >= 15 is 0 Å². The Morgan fingerprint density at radius 3 is 1.58 bits per heavy atom. The van der Waals surface area contributed by atoms with Crippen molar-refractivity contribution >= 4 is 29.3 Å². The van der Waals surface area contributed by atoms with Gasteiger partial charge in [-0.15, -0.1) is 0 Å². The van der Waals surface area contributed by atoms with E-state index in [0.717, 1.165) is 11.1 Å². The van der Waals surface area contributed by atoms with Crippen molar-refractivity contribution in [2.45, 2.75) is 13.8 Å². The smallest absolute Gasteiger partial charge is 0.490 e. The number of halogens is 2. The van der Waals surface area contributed by atoms with Crippen LogP contribution in [-0.2, 0) is 0 Å². The Balaban J connectivity index is 2.10. The molecule has 0 fully saturated rings. The van der Waals surface area contributed by atoms with Crippen molar-refractivity contribution in [2.24, 2.45) is 0 Å². The Morgan fingerprint density at radius 1 is 0.789 bits per heavy atom. The number of aryl methyl sites for hydroxylation is 2. The largest absolute Gasteiger partial charge is 0.681 e. The van der Waals surface area contributed by atoms with Gasteiger partial charge < -0.3 is 8.85 Å². The Bertz CT molecular complexity index is 523. The van der Waals surface area contributed by atoms with E-state index in [1.807, 2.05) is 50.2 Å². The van der Waals surface area contributed by atoms with Gasteiger partial charge in [0.25, 0.3) is 0 Å². The lowest BCUT2D eigenvalue weighted by atomic mass is 10.2. The fourth-order valence-electron chi connectivity index (χ4n) is 1.65. The van der Waals surface area contributed by atoms with Crippen molar-refractivity contribution < 1.29 is 8.85 Å². The van der Waals surface area contributed by atoms with Gasteiger partial charge in [-0.1, -0.05) is 46.4 Å². The summed E-state index contributed by atoms with van der Waals surface area (Å²) in [6.45, 7) is 3.94. The van der Waals surface area contributed by atoms with Crippen LogP contribution in [0.4, 0.5) is 0 Å². The highest BCUT2D eigenvalue weighted by Gasteiger charge is 2.39. The van der Waals surface area contributed by atoms with Crippen molar-refractivity contribution in [3.8, 4) is 11.5 Å². The van der Waals surface area contributed by atoms with E-state index in [0.29, 0.717) is 11.5 Å². The van der Waals surface area contributed by atoms with Gasteiger partial charge >= 0.3 is 7.18 Å². The summed E-state index contributed by atoms with van der Waals surface area (Å²) >= 11 is 12.3. The average molecular weight is 313 g/mol. The SMILES string of the molecule is Cc1cccc(O[Si](Cl)(Cl)Oc2cccc(C)c2)c1. The molecule has 19 heavy (non-hydrogen) atoms. The first-order valence-corrected chi connectivity index (χ1v) is 9.68. The molecule has 0 saturated carbocycles. The van der Waals surface area contributed by atoms with E-state index in [4.69, 9.17) is 31.0 Å². The number of benzene rings is 2. The van der Waals surface area contributed by atoms with Gasteiger partial charge in [0.15, 0.2) is 0 Å². The number of hydrogen-bond acceptors (Lipinski definition) is 2. The third-order valence-corrected chi connectivity index (χ3v) is 4.32. The molecule has 0 bridgehead atoms. The summed E-state index contributed by atoms with van der Waals surface area (Å²) in [6, 6.07) is 15.1. The zero-order chi connectivity index (χ0) is 13.9. The van der Waals surface area contributed by atoms with E-state index in [-0.39, 0.29) is 0 Å². The van der Waals surface area contributed by atoms with Gasteiger partial charge in [0.2, 0.25) is 0 Å². The zero-order valence-corrected chi connectivity index (χ0v) is 13.2. The predicted octanol–water partition coefficient (Wildman–Crippen LogP) is 4.67. The lowest BCUT2D eigenvalue weighted by Gasteiger charge is -2.19. The van der Waals surface area contributed by atoms with Gasteiger partial charge in [-0.05, 0) is 49.2 Å². The summed E-state index contributed by atoms with van der Waals surface area (Å²) < 4.78 is 11.1. The molecule has 2 aromatic carbocycles. The molecule has 0 aliphatic rings. The van der Waals surface area contributed by atoms with Gasteiger partial charge in [0, 0.05) is 0 Å². The van der Waals surface area contributed by atoms with Crippen molar-refractivity contribution in [3.63, 3.8) is 0 Å². The first kappa shape index (κ1) is 14.3. The second kappa shape index (κ2) is 5.86. The van der Waals surface area contributed by atoms with Gasteiger partial charge in [-0.25, -0.2) is 0 Å². The molecule has 0 unspecified atom stereocenters. The van der Waals surface area contributed by atoms with E-state index in [1.54, 1.807) is 12.1 Å². The second-order valence-electron chi connectivity index (χ2n) is 4.30. The van der Waals surface area contributed by atoms with Gasteiger partial charge in [-0.3, -0.25) is 0 Å². The molecule has 0 radical (unpaired) electrons. The van der Waals surface area contributed by atoms with E-state index in [2.05, 4.69) is 0 Å². The summed E-state index contributed by atoms with van der Waals surface area (Å²) in [4.78, 5) is 0. The number of hydrogen-bond donors (Lipinski definition) is 0. The third kappa shape index (κ3) is 4.46. The van der Waals surface area contributed by atoms with Crippen LogP contribution in [0.25, 0.3) is 0 Å². The lowest BCUT2D eigenvalue weighted by Crippen LogP contribution is -2.36. The molecule has 100 valence electrons. The van der Waals surface area contributed by atoms with Crippen molar-refractivity contribution in [1.29, 1.82) is 0 Å². The Kier molecular flexibility index (Phi) is 4.40. The zero-order valence-electron chi connectivity index (χ0n) is 10.7. The molecule has 0 heterocycles. The molecule has 0 saturated heterocycles. The van der Waals surface area contributed by atoms with Crippen LogP contribution in [0.15, 0.2) is 48.5 Å². The fourth-order valence-corrected chi connectivity index (χ4v) is 3.57. The first-order valence-electron chi connectivity index (χ1n) is 5.84. The lowest BCUT2D eigenvalue weighted by molar-refractivity contribution is 0.436. The topological polar surface area (TPSA) is 18.5 Å². The Hall–Kier alpha value is -1.16. The molecule has 5 heteroatoms. The second-order valence-corrected chi connectivity index (χ2v) is 9.20. The minimum absolute atomic E-state index is 0.615. The van der Waals surface area contributed by atoms with Crippen LogP contribution in [0.1, 0.15) is 11.1 Å². The highest BCUT2D eigenvalue weighted by Crippen LogP contribution is 2.26. The molecule has 0 amide bonds. The molecular weight excluding hydrogens is 299 g/mol. The summed E-state index contributed by atoms with van der Waals surface area (Å²) in [7, 11) is -3.29. The van der Waals surface area contributed by atoms with Crippen LogP contribution in [0, 0.1) is 13.8 Å². The van der Waals surface area contributed by atoms with Crippen LogP contribution < -0.4 is 8.85 Å². The molecule has 2 aromatic rings.